The van der Waals surface area contributed by atoms with Gasteiger partial charge in [0, 0.05) is 18.1 Å². The summed E-state index contributed by atoms with van der Waals surface area (Å²) in [7, 11) is 2.17. The number of benzene rings is 1. The Bertz CT molecular complexity index is 367. The third-order valence-corrected chi connectivity index (χ3v) is 3.78. The van der Waals surface area contributed by atoms with E-state index in [2.05, 4.69) is 17.3 Å². The maximum absolute atomic E-state index is 5.83. The largest absolute Gasteiger partial charge is 0.492 e. The maximum atomic E-state index is 5.83. The van der Waals surface area contributed by atoms with Crippen LogP contribution in [0.25, 0.3) is 0 Å². The van der Waals surface area contributed by atoms with Crippen molar-refractivity contribution < 1.29 is 4.74 Å². The van der Waals surface area contributed by atoms with E-state index >= 15 is 0 Å². The standard InChI is InChI=1S/C15H23ClN2O.ClH/c1-18(12-13-3-2-8-17-11-13)9-10-19-15-6-4-14(16)5-7-15;/h4-7,13,17H,2-3,8-12H2,1H3;1H. The molecular formula is C15H24Cl2N2O. The highest BCUT2D eigenvalue weighted by atomic mass is 35.5. The van der Waals surface area contributed by atoms with Crippen LogP contribution in [0.5, 0.6) is 5.75 Å². The van der Waals surface area contributed by atoms with Crippen LogP contribution >= 0.6 is 24.0 Å². The van der Waals surface area contributed by atoms with E-state index in [1.165, 1.54) is 19.4 Å². The first kappa shape index (κ1) is 17.6. The summed E-state index contributed by atoms with van der Waals surface area (Å²) in [6.45, 7) is 5.16. The minimum absolute atomic E-state index is 0. The topological polar surface area (TPSA) is 24.5 Å². The van der Waals surface area contributed by atoms with Crippen LogP contribution in [0.4, 0.5) is 0 Å². The van der Waals surface area contributed by atoms with E-state index in [4.69, 9.17) is 16.3 Å². The van der Waals surface area contributed by atoms with Gasteiger partial charge in [-0.1, -0.05) is 11.6 Å². The molecule has 114 valence electrons. The molecule has 0 aromatic heterocycles. The zero-order valence-electron chi connectivity index (χ0n) is 12.0. The van der Waals surface area contributed by atoms with Gasteiger partial charge in [-0.15, -0.1) is 12.4 Å². The van der Waals surface area contributed by atoms with Crippen molar-refractivity contribution in [2.24, 2.45) is 5.92 Å². The lowest BCUT2D eigenvalue weighted by atomic mass is 9.99. The molecule has 1 aromatic carbocycles. The Balaban J connectivity index is 0.00000200. The van der Waals surface area contributed by atoms with Crippen molar-refractivity contribution in [3.05, 3.63) is 29.3 Å². The number of halogens is 2. The van der Waals surface area contributed by atoms with E-state index in [0.717, 1.165) is 42.9 Å². The predicted octanol–water partition coefficient (Wildman–Crippen LogP) is 3.07. The third kappa shape index (κ3) is 6.31. The van der Waals surface area contributed by atoms with Crippen molar-refractivity contribution in [2.45, 2.75) is 12.8 Å². The number of nitrogens with zero attached hydrogens (tertiary/aromatic N) is 1. The molecule has 0 bridgehead atoms. The molecule has 1 atom stereocenters. The Morgan fingerprint density at radius 1 is 1.35 bits per heavy atom. The van der Waals surface area contributed by atoms with Gasteiger partial charge in [0.1, 0.15) is 12.4 Å². The average Bonchev–Trinajstić information content (AvgIpc) is 2.42. The predicted molar refractivity (Wildman–Crippen MR) is 87.3 cm³/mol. The van der Waals surface area contributed by atoms with E-state index in [-0.39, 0.29) is 12.4 Å². The average molecular weight is 319 g/mol. The number of piperidine rings is 1. The molecular weight excluding hydrogens is 295 g/mol. The quantitative estimate of drug-likeness (QED) is 0.872. The Kier molecular flexibility index (Phi) is 8.31. The summed E-state index contributed by atoms with van der Waals surface area (Å²) in [6, 6.07) is 7.53. The van der Waals surface area contributed by atoms with Gasteiger partial charge in [-0.3, -0.25) is 0 Å². The molecule has 1 aliphatic heterocycles. The lowest BCUT2D eigenvalue weighted by molar-refractivity contribution is 0.201. The minimum atomic E-state index is 0. The highest BCUT2D eigenvalue weighted by Crippen LogP contribution is 2.15. The van der Waals surface area contributed by atoms with Crippen LogP contribution in [0.3, 0.4) is 0 Å². The Morgan fingerprint density at radius 2 is 2.10 bits per heavy atom. The molecule has 1 fully saturated rings. The van der Waals surface area contributed by atoms with Gasteiger partial charge in [-0.25, -0.2) is 0 Å². The second-order valence-corrected chi connectivity index (χ2v) is 5.71. The van der Waals surface area contributed by atoms with Crippen LogP contribution < -0.4 is 10.1 Å². The van der Waals surface area contributed by atoms with Crippen LogP contribution in [-0.2, 0) is 0 Å². The molecule has 1 aliphatic rings. The van der Waals surface area contributed by atoms with Crippen molar-refractivity contribution in [2.75, 3.05) is 39.8 Å². The summed E-state index contributed by atoms with van der Waals surface area (Å²) in [5.41, 5.74) is 0. The minimum Gasteiger partial charge on any atom is -0.492 e. The molecule has 20 heavy (non-hydrogen) atoms. The molecule has 0 spiro atoms. The monoisotopic (exact) mass is 318 g/mol. The normalized spacial score (nSPS) is 18.6. The zero-order valence-corrected chi connectivity index (χ0v) is 13.6. The number of likely N-dealkylation sites (N-methyl/N-ethyl adjacent to an activating group) is 1. The molecule has 5 heteroatoms. The Labute approximate surface area is 133 Å². The van der Waals surface area contributed by atoms with Crippen LogP contribution in [0.2, 0.25) is 5.02 Å². The van der Waals surface area contributed by atoms with E-state index in [1.807, 2.05) is 24.3 Å². The Hall–Kier alpha value is -0.480. The van der Waals surface area contributed by atoms with Crippen LogP contribution in [0.1, 0.15) is 12.8 Å². The smallest absolute Gasteiger partial charge is 0.119 e. The summed E-state index contributed by atoms with van der Waals surface area (Å²) in [6.07, 6.45) is 2.65. The van der Waals surface area contributed by atoms with Gasteiger partial charge in [0.25, 0.3) is 0 Å². The number of hydrogen-bond acceptors (Lipinski definition) is 3. The lowest BCUT2D eigenvalue weighted by Gasteiger charge is -2.27. The second kappa shape index (κ2) is 9.46. The van der Waals surface area contributed by atoms with Crippen molar-refractivity contribution in [3.63, 3.8) is 0 Å². The number of ether oxygens (including phenoxy) is 1. The van der Waals surface area contributed by atoms with Gasteiger partial charge < -0.3 is 15.0 Å². The fourth-order valence-electron chi connectivity index (χ4n) is 2.46. The van der Waals surface area contributed by atoms with Gasteiger partial charge in [0.2, 0.25) is 0 Å². The van der Waals surface area contributed by atoms with Crippen molar-refractivity contribution in [3.8, 4) is 5.75 Å². The highest BCUT2D eigenvalue weighted by Gasteiger charge is 2.14. The first-order valence-electron chi connectivity index (χ1n) is 7.01. The van der Waals surface area contributed by atoms with Crippen molar-refractivity contribution >= 4 is 24.0 Å². The van der Waals surface area contributed by atoms with Crippen LogP contribution in [-0.4, -0.2) is 44.7 Å². The zero-order chi connectivity index (χ0) is 13.5. The van der Waals surface area contributed by atoms with E-state index in [9.17, 15) is 0 Å². The van der Waals surface area contributed by atoms with Gasteiger partial charge in [0.05, 0.1) is 0 Å². The fraction of sp³-hybridized carbons (Fsp3) is 0.600. The number of rotatable bonds is 6. The third-order valence-electron chi connectivity index (χ3n) is 3.52. The highest BCUT2D eigenvalue weighted by molar-refractivity contribution is 6.30. The van der Waals surface area contributed by atoms with Gasteiger partial charge in [-0.2, -0.15) is 0 Å². The van der Waals surface area contributed by atoms with Crippen molar-refractivity contribution in [1.29, 1.82) is 0 Å². The molecule has 0 radical (unpaired) electrons. The van der Waals surface area contributed by atoms with Crippen LogP contribution in [0.15, 0.2) is 24.3 Å². The van der Waals surface area contributed by atoms with Crippen molar-refractivity contribution in [1.82, 2.24) is 10.2 Å². The van der Waals surface area contributed by atoms with E-state index in [0.29, 0.717) is 0 Å². The SMILES string of the molecule is CN(CCOc1ccc(Cl)cc1)CC1CCCNC1.Cl. The van der Waals surface area contributed by atoms with Gasteiger partial charge in [-0.05, 0) is 63.2 Å². The summed E-state index contributed by atoms with van der Waals surface area (Å²) < 4.78 is 5.70. The lowest BCUT2D eigenvalue weighted by Crippen LogP contribution is -2.38. The molecule has 0 amide bonds. The molecule has 3 nitrogen and oxygen atoms in total. The first-order chi connectivity index (χ1) is 9.24. The van der Waals surface area contributed by atoms with Gasteiger partial charge in [0.15, 0.2) is 0 Å². The summed E-state index contributed by atoms with van der Waals surface area (Å²) in [5.74, 6) is 1.67. The molecule has 1 heterocycles. The molecule has 1 N–H and O–H groups in total. The second-order valence-electron chi connectivity index (χ2n) is 5.28. The Morgan fingerprint density at radius 3 is 2.75 bits per heavy atom. The molecule has 1 saturated heterocycles. The van der Waals surface area contributed by atoms with Gasteiger partial charge >= 0.3 is 0 Å². The number of hydrogen-bond donors (Lipinski definition) is 1. The summed E-state index contributed by atoms with van der Waals surface area (Å²) in [5, 5.41) is 4.20. The summed E-state index contributed by atoms with van der Waals surface area (Å²) >= 11 is 5.83. The molecule has 0 saturated carbocycles. The molecule has 1 aromatic rings. The molecule has 0 aliphatic carbocycles. The first-order valence-corrected chi connectivity index (χ1v) is 7.39. The molecule has 2 rings (SSSR count). The summed E-state index contributed by atoms with van der Waals surface area (Å²) in [4.78, 5) is 2.35. The molecule has 1 unspecified atom stereocenters. The maximum Gasteiger partial charge on any atom is 0.119 e. The fourth-order valence-corrected chi connectivity index (χ4v) is 2.59. The van der Waals surface area contributed by atoms with Crippen LogP contribution in [0, 0.1) is 5.92 Å². The number of nitrogens with one attached hydrogen (secondary N) is 1. The van der Waals surface area contributed by atoms with E-state index < -0.39 is 0 Å². The van der Waals surface area contributed by atoms with E-state index in [1.54, 1.807) is 0 Å².